The van der Waals surface area contributed by atoms with Gasteiger partial charge in [0.1, 0.15) is 95.8 Å². The molecule has 30 atom stereocenters. The molecule has 5 saturated heterocycles. The van der Waals surface area contributed by atoms with Gasteiger partial charge in [-0.15, -0.1) is 0 Å². The zero-order valence-corrected chi connectivity index (χ0v) is 51.3. The largest absolute Gasteiger partial charge is 0.508 e. The van der Waals surface area contributed by atoms with Crippen LogP contribution in [0.15, 0.2) is 35.9 Å². The predicted molar refractivity (Wildman–Crippen MR) is 298 cm³/mol. The highest BCUT2D eigenvalue weighted by Gasteiger charge is 2.81. The highest BCUT2D eigenvalue weighted by molar-refractivity contribution is 5.90. The van der Waals surface area contributed by atoms with Crippen LogP contribution in [0, 0.1) is 16.7 Å². The van der Waals surface area contributed by atoms with Gasteiger partial charge in [-0.1, -0.05) is 18.6 Å². The normalized spacial score (nSPS) is 49.6. The molecule has 3 saturated carbocycles. The van der Waals surface area contributed by atoms with Gasteiger partial charge in [0.2, 0.25) is 0 Å². The zero-order chi connectivity index (χ0) is 63.7. The standard InChI is InChI=1S/C61H92O27/c1-27-50(85-43-22-36(76-8)51(28(2)79-43)86-44-23-37(77-9)52(29(3)80-44)87-56-49(70)47(68)53(39(26-63)83-56)88-55-48(69)46(67)45(66)38(25-62)82-55)35(75-7)21-42(78-27)81-34-15-16-57(5)32(20-34)14-17-60(73)40(57)24-41(84-54(71)31-10-12-33(65)13-11-31)58(6)59(72,30(4)64)18-19-61(58,60)74/h10-14,27-29,34-53,55-56,62-63,65-70,72-74H,15-26H2,1-9H3/t27-,28-,29-,34+,35+,36+,37-,38-,39-,40-,41-,42+,43+,44+,45-,46+,47-,48-,49-,50-,51-,52-,53-,55+,56+,57+,58-,59-,60+,61-/m1/s1. The number of methoxy groups -OCH3 is 3. The highest BCUT2D eigenvalue weighted by atomic mass is 16.8. The number of carbonyl (C=O) groups excluding carboxylic acids is 2. The van der Waals surface area contributed by atoms with Crippen LogP contribution in [0.4, 0.5) is 0 Å². The van der Waals surface area contributed by atoms with Gasteiger partial charge in [0, 0.05) is 46.5 Å². The van der Waals surface area contributed by atoms with Crippen LogP contribution in [0.1, 0.15) is 116 Å². The lowest BCUT2D eigenvalue weighted by Crippen LogP contribution is -2.78. The summed E-state index contributed by atoms with van der Waals surface area (Å²) in [5.41, 5.74) is -7.30. The molecule has 498 valence electrons. The Morgan fingerprint density at radius 3 is 1.62 bits per heavy atom. The Hall–Kier alpha value is -3.02. The number of ketones is 1. The Labute approximate surface area is 510 Å². The van der Waals surface area contributed by atoms with Crippen molar-refractivity contribution in [2.75, 3.05) is 34.5 Å². The van der Waals surface area contributed by atoms with Gasteiger partial charge in [-0.2, -0.15) is 0 Å². The van der Waals surface area contributed by atoms with Crippen molar-refractivity contribution < 1.29 is 132 Å². The van der Waals surface area contributed by atoms with Gasteiger partial charge < -0.3 is 122 Å². The van der Waals surface area contributed by atoms with Gasteiger partial charge in [0.15, 0.2) is 37.2 Å². The molecule has 0 amide bonds. The number of phenolic OH excluding ortho intramolecular Hbond substituents is 1. The van der Waals surface area contributed by atoms with E-state index in [1.54, 1.807) is 28.1 Å². The number of rotatable bonds is 18. The average molecular weight is 1260 g/mol. The Morgan fingerprint density at radius 1 is 0.602 bits per heavy atom. The van der Waals surface area contributed by atoms with Crippen LogP contribution in [0.5, 0.6) is 5.75 Å². The molecule has 11 N–H and O–H groups in total. The first-order chi connectivity index (χ1) is 41.6. The molecule has 4 aliphatic carbocycles. The maximum Gasteiger partial charge on any atom is 0.338 e. The Morgan fingerprint density at radius 2 is 1.10 bits per heavy atom. The van der Waals surface area contributed by atoms with Crippen molar-refractivity contribution >= 4 is 11.8 Å². The maximum atomic E-state index is 13.8. The van der Waals surface area contributed by atoms with Crippen LogP contribution in [0.2, 0.25) is 0 Å². The van der Waals surface area contributed by atoms with Crippen LogP contribution in [-0.2, 0) is 71.1 Å². The number of aliphatic hydroxyl groups is 10. The topological polar surface area (TPSA) is 386 Å². The molecule has 1 aromatic carbocycles. The van der Waals surface area contributed by atoms with Gasteiger partial charge in [0.25, 0.3) is 0 Å². The van der Waals surface area contributed by atoms with Crippen molar-refractivity contribution in [3.63, 3.8) is 0 Å². The second-order valence-corrected chi connectivity index (χ2v) is 26.1. The number of hydrogen-bond donors (Lipinski definition) is 11. The third-order valence-corrected chi connectivity index (χ3v) is 21.5. The summed E-state index contributed by atoms with van der Waals surface area (Å²) in [6, 6.07) is 5.52. The molecule has 88 heavy (non-hydrogen) atoms. The van der Waals surface area contributed by atoms with Crippen molar-refractivity contribution in [3.8, 4) is 5.75 Å². The van der Waals surface area contributed by atoms with Crippen LogP contribution in [-0.4, -0.2) is 267 Å². The van der Waals surface area contributed by atoms with Crippen molar-refractivity contribution in [1.82, 2.24) is 0 Å². The molecule has 0 aromatic heterocycles. The SMILES string of the molecule is CO[C@H]1C[C@H](O[C@H]2CC[C@@]3(C)C(=CC[C@]4(O)[C@@H]3C[C@@H](OC(=O)c3ccc(O)cc3)[C@@]3(C)[C@]4(O)CC[C@@]3(O)C(C)=O)C2)O[C@H](C)[C@H]1O[C@H]1C[C@H](OC)[C@H](O[C@H]2C[C@@H](OC)[C@H](O[C@@H]3O[C@H](CO)[C@@H](O[C@@H]4O[C@H](CO)[C@@H](O)[C@H](O)[C@H]4O)[C@H](O)[C@H]3O)[C@@H](C)O2)[C@@H](C)O1. The lowest BCUT2D eigenvalue weighted by Gasteiger charge is -2.67. The molecule has 27 heteroatoms. The molecule has 0 radical (unpaired) electrons. The fourth-order valence-electron chi connectivity index (χ4n) is 16.2. The van der Waals surface area contributed by atoms with E-state index >= 15 is 0 Å². The fourth-order valence-corrected chi connectivity index (χ4v) is 16.2. The summed E-state index contributed by atoms with van der Waals surface area (Å²) < 4.78 is 86.6. The number of benzene rings is 1. The van der Waals surface area contributed by atoms with E-state index in [-0.39, 0.29) is 55.9 Å². The van der Waals surface area contributed by atoms with Gasteiger partial charge in [-0.3, -0.25) is 4.79 Å². The second-order valence-electron chi connectivity index (χ2n) is 26.1. The molecular weight excluding hydrogens is 1160 g/mol. The number of esters is 1. The summed E-state index contributed by atoms with van der Waals surface area (Å²) in [4.78, 5) is 27.2. The number of aromatic hydroxyl groups is 1. The van der Waals surface area contributed by atoms with Crippen molar-refractivity contribution in [2.24, 2.45) is 16.7 Å². The van der Waals surface area contributed by atoms with Crippen LogP contribution < -0.4 is 0 Å². The minimum atomic E-state index is -2.11. The molecule has 0 spiro atoms. The minimum Gasteiger partial charge on any atom is -0.508 e. The zero-order valence-electron chi connectivity index (χ0n) is 51.3. The number of carbonyl (C=O) groups is 2. The quantitative estimate of drug-likeness (QED) is 0.0661. The average Bonchev–Trinajstić information content (AvgIpc) is 1.32. The maximum absolute atomic E-state index is 13.8. The van der Waals surface area contributed by atoms with Gasteiger partial charge in [0.05, 0.1) is 66.9 Å². The molecular formula is C61H92O27. The fraction of sp³-hybridized carbons (Fsp3) is 0.836. The first-order valence-electron chi connectivity index (χ1n) is 30.8. The Kier molecular flexibility index (Phi) is 20.4. The summed E-state index contributed by atoms with van der Waals surface area (Å²) in [7, 11) is 4.62. The predicted octanol–water partition coefficient (Wildman–Crippen LogP) is -0.345. The monoisotopic (exact) mass is 1260 g/mol. The van der Waals surface area contributed by atoms with Crippen molar-refractivity contribution in [1.29, 1.82) is 0 Å². The van der Waals surface area contributed by atoms with E-state index in [0.717, 1.165) is 5.57 Å². The Balaban J connectivity index is 0.730. The molecule has 8 fully saturated rings. The number of Topliss-reactive ketones (excluding diaryl/α,β-unsaturated/α-hetero) is 1. The van der Waals surface area contributed by atoms with Crippen molar-refractivity contribution in [3.05, 3.63) is 41.5 Å². The smallest absolute Gasteiger partial charge is 0.338 e. The lowest BCUT2D eigenvalue weighted by molar-refractivity contribution is -0.376. The van der Waals surface area contributed by atoms with Crippen molar-refractivity contribution in [2.45, 2.75) is 270 Å². The highest BCUT2D eigenvalue weighted by Crippen LogP contribution is 2.71. The number of aliphatic hydroxyl groups excluding tert-OH is 7. The van der Waals surface area contributed by atoms with Gasteiger partial charge in [-0.05, 0) is 109 Å². The van der Waals surface area contributed by atoms with Crippen LogP contribution >= 0.6 is 0 Å². The Bertz CT molecular complexity index is 2590. The molecule has 0 bridgehead atoms. The molecule has 9 aliphatic rings. The summed E-state index contributed by atoms with van der Waals surface area (Å²) in [6.45, 7) is 8.76. The number of fused-ring (bicyclic) bond motifs is 5. The van der Waals surface area contributed by atoms with Gasteiger partial charge in [-0.25, -0.2) is 4.79 Å². The molecule has 5 aliphatic heterocycles. The van der Waals surface area contributed by atoms with Crippen LogP contribution in [0.3, 0.4) is 0 Å². The van der Waals surface area contributed by atoms with E-state index in [0.29, 0.717) is 25.7 Å². The third-order valence-electron chi connectivity index (χ3n) is 21.5. The summed E-state index contributed by atoms with van der Waals surface area (Å²) in [5, 5.41) is 121. The van der Waals surface area contributed by atoms with E-state index in [9.17, 15) is 65.8 Å². The lowest BCUT2D eigenvalue weighted by atomic mass is 9.42. The van der Waals surface area contributed by atoms with E-state index in [1.807, 2.05) is 26.8 Å². The number of phenols is 1. The second kappa shape index (κ2) is 26.4. The first-order valence-corrected chi connectivity index (χ1v) is 30.8. The summed E-state index contributed by atoms with van der Waals surface area (Å²) in [6.07, 6.45) is -21.8. The first kappa shape index (κ1) is 67.9. The van der Waals surface area contributed by atoms with Crippen LogP contribution in [0.25, 0.3) is 0 Å². The van der Waals surface area contributed by atoms with Gasteiger partial charge >= 0.3 is 5.97 Å². The number of ether oxygens (including phenoxy) is 14. The van der Waals surface area contributed by atoms with E-state index in [1.165, 1.54) is 38.3 Å². The third kappa shape index (κ3) is 11.8. The van der Waals surface area contributed by atoms with E-state index in [2.05, 4.69) is 0 Å². The van der Waals surface area contributed by atoms with E-state index in [4.69, 9.17) is 66.3 Å². The summed E-state index contributed by atoms with van der Waals surface area (Å²) in [5.74, 6) is -2.06. The minimum absolute atomic E-state index is 0.0273. The molecule has 1 aromatic rings. The summed E-state index contributed by atoms with van der Waals surface area (Å²) >= 11 is 0. The molecule has 27 nitrogen and oxygen atoms in total. The molecule has 5 heterocycles. The van der Waals surface area contributed by atoms with E-state index < -0.39 is 200 Å². The molecule has 0 unspecified atom stereocenters. The molecule has 10 rings (SSSR count). The number of hydrogen-bond acceptors (Lipinski definition) is 27.